The highest BCUT2D eigenvalue weighted by Crippen LogP contribution is 2.22. The maximum Gasteiger partial charge on any atom is 0.104 e. The van der Waals surface area contributed by atoms with Gasteiger partial charge in [0.15, 0.2) is 0 Å². The van der Waals surface area contributed by atoms with Crippen molar-refractivity contribution in [1.29, 1.82) is 5.26 Å². The maximum absolute atomic E-state index is 9.18. The second-order valence-corrected chi connectivity index (χ2v) is 5.62. The van der Waals surface area contributed by atoms with Gasteiger partial charge in [-0.25, -0.2) is 0 Å². The van der Waals surface area contributed by atoms with Gasteiger partial charge in [-0.3, -0.25) is 5.32 Å². The fourth-order valence-corrected chi connectivity index (χ4v) is 2.17. The molecule has 0 spiro atoms. The van der Waals surface area contributed by atoms with Crippen LogP contribution >= 0.6 is 0 Å². The molecule has 0 radical (unpaired) electrons. The molecule has 17 heavy (non-hydrogen) atoms. The largest absolute Gasteiger partial charge is 0.378 e. The number of nitrogens with zero attached hydrogens (tertiary/aromatic N) is 1. The van der Waals surface area contributed by atoms with Crippen molar-refractivity contribution < 1.29 is 4.74 Å². The summed E-state index contributed by atoms with van der Waals surface area (Å²) in [5, 5.41) is 12.5. The van der Waals surface area contributed by atoms with E-state index in [4.69, 9.17) is 4.74 Å². The SMILES string of the molecule is CC(C)NC(C)(C#N)CCCCOC1CCC1. The number of nitrogens with one attached hydrogen (secondary N) is 1. The van der Waals surface area contributed by atoms with E-state index in [-0.39, 0.29) is 5.54 Å². The molecule has 1 fully saturated rings. The topological polar surface area (TPSA) is 45.0 Å². The Kier molecular flexibility index (Phi) is 5.94. The normalized spacial score (nSPS) is 19.7. The van der Waals surface area contributed by atoms with E-state index in [0.717, 1.165) is 25.9 Å². The summed E-state index contributed by atoms with van der Waals surface area (Å²) in [4.78, 5) is 0. The van der Waals surface area contributed by atoms with Gasteiger partial charge in [0, 0.05) is 12.6 Å². The van der Waals surface area contributed by atoms with Crippen LogP contribution in [0.1, 0.15) is 59.3 Å². The Labute approximate surface area is 106 Å². The van der Waals surface area contributed by atoms with Crippen LogP contribution in [-0.4, -0.2) is 24.3 Å². The van der Waals surface area contributed by atoms with Crippen molar-refractivity contribution in [3.8, 4) is 6.07 Å². The monoisotopic (exact) mass is 238 g/mol. The molecule has 0 bridgehead atoms. The molecule has 0 saturated heterocycles. The van der Waals surface area contributed by atoms with Gasteiger partial charge in [-0.15, -0.1) is 0 Å². The Morgan fingerprint density at radius 1 is 1.41 bits per heavy atom. The smallest absolute Gasteiger partial charge is 0.104 e. The molecular weight excluding hydrogens is 212 g/mol. The zero-order valence-electron chi connectivity index (χ0n) is 11.5. The van der Waals surface area contributed by atoms with Gasteiger partial charge >= 0.3 is 0 Å². The van der Waals surface area contributed by atoms with E-state index in [9.17, 15) is 5.26 Å². The van der Waals surface area contributed by atoms with Gasteiger partial charge in [0.2, 0.25) is 0 Å². The van der Waals surface area contributed by atoms with E-state index in [1.54, 1.807) is 0 Å². The third-order valence-electron chi connectivity index (χ3n) is 3.33. The molecule has 98 valence electrons. The summed E-state index contributed by atoms with van der Waals surface area (Å²) in [5.74, 6) is 0. The van der Waals surface area contributed by atoms with Crippen LogP contribution in [0.3, 0.4) is 0 Å². The minimum Gasteiger partial charge on any atom is -0.378 e. The van der Waals surface area contributed by atoms with Crippen molar-refractivity contribution in [2.24, 2.45) is 0 Å². The second kappa shape index (κ2) is 6.98. The molecule has 0 aromatic carbocycles. The maximum atomic E-state index is 9.18. The lowest BCUT2D eigenvalue weighted by Crippen LogP contribution is -2.44. The molecule has 1 N–H and O–H groups in total. The van der Waals surface area contributed by atoms with Crippen molar-refractivity contribution in [3.63, 3.8) is 0 Å². The van der Waals surface area contributed by atoms with E-state index in [1.807, 2.05) is 6.92 Å². The fourth-order valence-electron chi connectivity index (χ4n) is 2.17. The zero-order valence-corrected chi connectivity index (χ0v) is 11.5. The highest BCUT2D eigenvalue weighted by molar-refractivity contribution is 5.04. The van der Waals surface area contributed by atoms with Crippen LogP contribution in [0.15, 0.2) is 0 Å². The third-order valence-corrected chi connectivity index (χ3v) is 3.33. The third kappa shape index (κ3) is 5.52. The first-order valence-corrected chi connectivity index (χ1v) is 6.86. The van der Waals surface area contributed by atoms with Gasteiger partial charge in [0.05, 0.1) is 12.2 Å². The van der Waals surface area contributed by atoms with Gasteiger partial charge in [-0.05, 0) is 59.3 Å². The molecule has 0 aromatic rings. The van der Waals surface area contributed by atoms with Crippen LogP contribution in [0.25, 0.3) is 0 Å². The van der Waals surface area contributed by atoms with E-state index in [0.29, 0.717) is 12.1 Å². The van der Waals surface area contributed by atoms with Crippen molar-refractivity contribution in [3.05, 3.63) is 0 Å². The van der Waals surface area contributed by atoms with E-state index >= 15 is 0 Å². The van der Waals surface area contributed by atoms with Crippen molar-refractivity contribution in [2.75, 3.05) is 6.61 Å². The van der Waals surface area contributed by atoms with Crippen molar-refractivity contribution in [1.82, 2.24) is 5.32 Å². The lowest BCUT2D eigenvalue weighted by atomic mass is 9.95. The molecule has 1 aliphatic rings. The molecule has 1 saturated carbocycles. The molecular formula is C14H26N2O. The van der Waals surface area contributed by atoms with Crippen LogP contribution < -0.4 is 5.32 Å². The highest BCUT2D eigenvalue weighted by Gasteiger charge is 2.23. The summed E-state index contributed by atoms with van der Waals surface area (Å²) >= 11 is 0. The predicted molar refractivity (Wildman–Crippen MR) is 69.7 cm³/mol. The number of nitriles is 1. The summed E-state index contributed by atoms with van der Waals surface area (Å²) in [6, 6.07) is 2.73. The minimum absolute atomic E-state index is 0.353. The van der Waals surface area contributed by atoms with Crippen molar-refractivity contribution in [2.45, 2.75) is 77.0 Å². The number of ether oxygens (including phenoxy) is 1. The molecule has 1 atom stereocenters. The number of unbranched alkanes of at least 4 members (excludes halogenated alkanes) is 1. The Bertz CT molecular complexity index is 255. The summed E-state index contributed by atoms with van der Waals surface area (Å²) in [5.41, 5.74) is -0.384. The molecule has 0 heterocycles. The summed E-state index contributed by atoms with van der Waals surface area (Å²) < 4.78 is 5.70. The van der Waals surface area contributed by atoms with Crippen LogP contribution in [0.4, 0.5) is 0 Å². The van der Waals surface area contributed by atoms with Crippen LogP contribution in [0.5, 0.6) is 0 Å². The predicted octanol–water partition coefficient (Wildman–Crippen LogP) is 3.01. The fraction of sp³-hybridized carbons (Fsp3) is 0.929. The molecule has 0 aliphatic heterocycles. The molecule has 1 aliphatic carbocycles. The highest BCUT2D eigenvalue weighted by atomic mass is 16.5. The first-order valence-electron chi connectivity index (χ1n) is 6.86. The molecule has 0 aromatic heterocycles. The molecule has 1 unspecified atom stereocenters. The average Bonchev–Trinajstić information content (AvgIpc) is 2.19. The summed E-state index contributed by atoms with van der Waals surface area (Å²) in [6.07, 6.45) is 7.36. The van der Waals surface area contributed by atoms with Crippen molar-refractivity contribution >= 4 is 0 Å². The van der Waals surface area contributed by atoms with Gasteiger partial charge < -0.3 is 4.74 Å². The number of hydrogen-bond acceptors (Lipinski definition) is 3. The Morgan fingerprint density at radius 2 is 2.12 bits per heavy atom. The Balaban J connectivity index is 2.08. The lowest BCUT2D eigenvalue weighted by Gasteiger charge is -2.27. The van der Waals surface area contributed by atoms with Gasteiger partial charge in [-0.1, -0.05) is 0 Å². The zero-order chi connectivity index (χ0) is 12.7. The Hall–Kier alpha value is -0.590. The lowest BCUT2D eigenvalue weighted by molar-refractivity contribution is 0.000315. The summed E-state index contributed by atoms with van der Waals surface area (Å²) in [6.45, 7) is 7.00. The summed E-state index contributed by atoms with van der Waals surface area (Å²) in [7, 11) is 0. The molecule has 0 amide bonds. The average molecular weight is 238 g/mol. The first-order chi connectivity index (χ1) is 8.06. The van der Waals surface area contributed by atoms with E-state index < -0.39 is 0 Å². The molecule has 1 rings (SSSR count). The quantitative estimate of drug-likeness (QED) is 0.661. The van der Waals surface area contributed by atoms with Crippen LogP contribution in [-0.2, 0) is 4.74 Å². The van der Waals surface area contributed by atoms with Crippen LogP contribution in [0.2, 0.25) is 0 Å². The number of rotatable bonds is 8. The second-order valence-electron chi connectivity index (χ2n) is 5.62. The van der Waals surface area contributed by atoms with Crippen LogP contribution in [0, 0.1) is 11.3 Å². The van der Waals surface area contributed by atoms with E-state index in [2.05, 4.69) is 25.2 Å². The van der Waals surface area contributed by atoms with Gasteiger partial charge in [0.1, 0.15) is 5.54 Å². The minimum atomic E-state index is -0.384. The standard InChI is InChI=1S/C14H26N2O/c1-12(2)16-14(3,11-15)9-4-5-10-17-13-7-6-8-13/h12-13,16H,4-10H2,1-3H3. The molecule has 3 heteroatoms. The van der Waals surface area contributed by atoms with E-state index in [1.165, 1.54) is 19.3 Å². The van der Waals surface area contributed by atoms with Gasteiger partial charge in [-0.2, -0.15) is 5.26 Å². The number of hydrogen-bond donors (Lipinski definition) is 1. The Morgan fingerprint density at radius 3 is 2.59 bits per heavy atom. The first kappa shape index (κ1) is 14.5. The molecule has 3 nitrogen and oxygen atoms in total. The van der Waals surface area contributed by atoms with Gasteiger partial charge in [0.25, 0.3) is 0 Å².